The number of para-hydroxylation sites is 1. The van der Waals surface area contributed by atoms with Crippen molar-refractivity contribution in [3.63, 3.8) is 0 Å². The summed E-state index contributed by atoms with van der Waals surface area (Å²) in [5, 5.41) is 21.3. The molecule has 1 spiro atoms. The number of hydrogen-bond donors (Lipinski definition) is 3. The van der Waals surface area contributed by atoms with Crippen LogP contribution < -0.4 is 11.1 Å². The van der Waals surface area contributed by atoms with Crippen LogP contribution >= 0.6 is 0 Å². The van der Waals surface area contributed by atoms with Gasteiger partial charge in [0.05, 0.1) is 11.1 Å². The number of hydrogen-bond acceptors (Lipinski definition) is 5. The topological polar surface area (TPSA) is 101 Å². The molecular formula is C18H20N4O2. The number of nitrogens with one attached hydrogen (secondary N) is 1. The van der Waals surface area contributed by atoms with Gasteiger partial charge in [-0.1, -0.05) is 19.1 Å². The number of phenols is 1. The minimum Gasteiger partial charge on any atom is -0.507 e. The molecule has 2 heterocycles. The number of fused-ring (bicyclic) bond motifs is 2. The van der Waals surface area contributed by atoms with E-state index < -0.39 is 5.41 Å². The van der Waals surface area contributed by atoms with Gasteiger partial charge < -0.3 is 16.2 Å². The van der Waals surface area contributed by atoms with Crippen LogP contribution in [0.4, 0.5) is 5.82 Å². The maximum atomic E-state index is 12.7. The Kier molecular flexibility index (Phi) is 3.31. The standard InChI is InChI=1S/C18H20N4O2/c1-10-9-18(7-6-13(10)19)12-8-14(11-4-2-3-5-15(11)23)21-22-16(12)20-17(18)24/h2-5,8,10,13,23H,6-7,9,19H2,1H3,(H,20,22,24)/t10?,13-,18?/m0/s1. The average Bonchev–Trinajstić information content (AvgIpc) is 2.83. The molecule has 1 aromatic heterocycles. The lowest BCUT2D eigenvalue weighted by Crippen LogP contribution is -2.46. The SMILES string of the molecule is CC1CC2(CC[C@@H]1N)C(=O)Nc1nnc(-c3ccccc3O)cc12. The highest BCUT2D eigenvalue weighted by Gasteiger charge is 2.51. The van der Waals surface area contributed by atoms with Crippen molar-refractivity contribution in [2.45, 2.75) is 37.6 Å². The zero-order chi connectivity index (χ0) is 16.9. The lowest BCUT2D eigenvalue weighted by atomic mass is 9.65. The van der Waals surface area contributed by atoms with Crippen molar-refractivity contribution in [3.8, 4) is 17.0 Å². The Bertz CT molecular complexity index is 822. The van der Waals surface area contributed by atoms with E-state index in [2.05, 4.69) is 22.4 Å². The number of carbonyl (C=O) groups is 1. The monoisotopic (exact) mass is 324 g/mol. The number of aromatic hydroxyl groups is 1. The second-order valence-corrected chi connectivity index (χ2v) is 6.93. The molecule has 24 heavy (non-hydrogen) atoms. The normalized spacial score (nSPS) is 28.7. The van der Waals surface area contributed by atoms with E-state index in [1.807, 2.05) is 12.1 Å². The van der Waals surface area contributed by atoms with Crippen LogP contribution in [0.1, 0.15) is 31.7 Å². The summed E-state index contributed by atoms with van der Waals surface area (Å²) in [4.78, 5) is 12.7. The molecule has 6 nitrogen and oxygen atoms in total. The molecule has 1 aliphatic heterocycles. The number of aromatic nitrogens is 2. The molecule has 124 valence electrons. The van der Waals surface area contributed by atoms with E-state index in [-0.39, 0.29) is 23.6 Å². The highest BCUT2D eigenvalue weighted by molar-refractivity contribution is 6.05. The van der Waals surface area contributed by atoms with E-state index >= 15 is 0 Å². The first-order valence-electron chi connectivity index (χ1n) is 8.25. The van der Waals surface area contributed by atoms with Gasteiger partial charge in [0.1, 0.15) is 5.75 Å². The second-order valence-electron chi connectivity index (χ2n) is 6.93. The van der Waals surface area contributed by atoms with Gasteiger partial charge in [-0.15, -0.1) is 10.2 Å². The van der Waals surface area contributed by atoms with Gasteiger partial charge in [0.25, 0.3) is 0 Å². The summed E-state index contributed by atoms with van der Waals surface area (Å²) in [6.07, 6.45) is 2.23. The van der Waals surface area contributed by atoms with Crippen LogP contribution in [0.2, 0.25) is 0 Å². The molecule has 1 saturated carbocycles. The Morgan fingerprint density at radius 3 is 2.88 bits per heavy atom. The lowest BCUT2D eigenvalue weighted by Gasteiger charge is -2.38. The van der Waals surface area contributed by atoms with Crippen LogP contribution in [0.3, 0.4) is 0 Å². The molecule has 0 radical (unpaired) electrons. The molecule has 0 bridgehead atoms. The van der Waals surface area contributed by atoms with E-state index in [1.165, 1.54) is 0 Å². The molecule has 1 fully saturated rings. The number of anilines is 1. The van der Waals surface area contributed by atoms with Crippen LogP contribution in [-0.4, -0.2) is 27.3 Å². The number of carbonyl (C=O) groups excluding carboxylic acids is 1. The first-order chi connectivity index (χ1) is 11.5. The first-order valence-corrected chi connectivity index (χ1v) is 8.25. The fraction of sp³-hybridized carbons (Fsp3) is 0.389. The van der Waals surface area contributed by atoms with Crippen molar-refractivity contribution in [1.29, 1.82) is 0 Å². The first kappa shape index (κ1) is 15.1. The van der Waals surface area contributed by atoms with Crippen molar-refractivity contribution in [2.75, 3.05) is 5.32 Å². The van der Waals surface area contributed by atoms with E-state index in [9.17, 15) is 9.90 Å². The Labute approximate surface area is 140 Å². The van der Waals surface area contributed by atoms with Crippen molar-refractivity contribution >= 4 is 11.7 Å². The second kappa shape index (κ2) is 5.27. The number of phenolic OH excluding ortho intramolecular Hbond substituents is 1. The summed E-state index contributed by atoms with van der Waals surface area (Å²) in [7, 11) is 0. The Hall–Kier alpha value is -2.47. The van der Waals surface area contributed by atoms with Crippen LogP contribution in [0.25, 0.3) is 11.3 Å². The Morgan fingerprint density at radius 1 is 1.33 bits per heavy atom. The van der Waals surface area contributed by atoms with Crippen molar-refractivity contribution < 1.29 is 9.90 Å². The molecule has 4 N–H and O–H groups in total. The lowest BCUT2D eigenvalue weighted by molar-refractivity contribution is -0.122. The highest BCUT2D eigenvalue weighted by Crippen LogP contribution is 2.48. The number of nitrogens with two attached hydrogens (primary N) is 1. The highest BCUT2D eigenvalue weighted by atomic mass is 16.3. The largest absolute Gasteiger partial charge is 0.507 e. The van der Waals surface area contributed by atoms with E-state index in [4.69, 9.17) is 5.73 Å². The van der Waals surface area contributed by atoms with Gasteiger partial charge in [-0.25, -0.2) is 0 Å². The Balaban J connectivity index is 1.82. The van der Waals surface area contributed by atoms with Gasteiger partial charge >= 0.3 is 0 Å². The van der Waals surface area contributed by atoms with Crippen molar-refractivity contribution in [1.82, 2.24) is 10.2 Å². The molecular weight excluding hydrogens is 304 g/mol. The average molecular weight is 324 g/mol. The minimum absolute atomic E-state index is 0.0139. The third-order valence-corrected chi connectivity index (χ3v) is 5.46. The molecule has 3 atom stereocenters. The summed E-state index contributed by atoms with van der Waals surface area (Å²) in [6, 6.07) is 9.02. The molecule has 1 aliphatic carbocycles. The number of benzene rings is 1. The smallest absolute Gasteiger partial charge is 0.236 e. The Morgan fingerprint density at radius 2 is 2.12 bits per heavy atom. The predicted molar refractivity (Wildman–Crippen MR) is 90.4 cm³/mol. The maximum absolute atomic E-state index is 12.7. The zero-order valence-corrected chi connectivity index (χ0v) is 13.5. The fourth-order valence-corrected chi connectivity index (χ4v) is 3.97. The maximum Gasteiger partial charge on any atom is 0.236 e. The molecule has 6 heteroatoms. The van der Waals surface area contributed by atoms with Gasteiger partial charge in [-0.05, 0) is 43.4 Å². The molecule has 1 aromatic carbocycles. The molecule has 2 aliphatic rings. The van der Waals surface area contributed by atoms with E-state index in [0.717, 1.165) is 12.0 Å². The van der Waals surface area contributed by atoms with Crippen LogP contribution in [0, 0.1) is 5.92 Å². The van der Waals surface area contributed by atoms with Gasteiger partial charge in [-0.3, -0.25) is 4.79 Å². The zero-order valence-electron chi connectivity index (χ0n) is 13.5. The molecule has 4 rings (SSSR count). The van der Waals surface area contributed by atoms with Crippen LogP contribution in [0.5, 0.6) is 5.75 Å². The number of nitrogens with zero attached hydrogens (tertiary/aromatic N) is 2. The van der Waals surface area contributed by atoms with Crippen molar-refractivity contribution in [2.24, 2.45) is 11.7 Å². The van der Waals surface area contributed by atoms with E-state index in [1.54, 1.807) is 18.2 Å². The predicted octanol–water partition coefficient (Wildman–Crippen LogP) is 2.19. The van der Waals surface area contributed by atoms with Gasteiger partial charge in [-0.2, -0.15) is 0 Å². The third-order valence-electron chi connectivity index (χ3n) is 5.46. The van der Waals surface area contributed by atoms with Gasteiger partial charge in [0.2, 0.25) is 5.91 Å². The van der Waals surface area contributed by atoms with Crippen molar-refractivity contribution in [3.05, 3.63) is 35.9 Å². The van der Waals surface area contributed by atoms with Crippen LogP contribution in [0.15, 0.2) is 30.3 Å². The molecule has 0 saturated heterocycles. The van der Waals surface area contributed by atoms with Gasteiger partial charge in [0, 0.05) is 17.2 Å². The third kappa shape index (κ3) is 2.10. The summed E-state index contributed by atoms with van der Waals surface area (Å²) < 4.78 is 0. The van der Waals surface area contributed by atoms with Gasteiger partial charge in [0.15, 0.2) is 5.82 Å². The molecule has 1 amide bonds. The number of rotatable bonds is 1. The van der Waals surface area contributed by atoms with E-state index in [0.29, 0.717) is 29.9 Å². The summed E-state index contributed by atoms with van der Waals surface area (Å²) in [6.45, 7) is 2.09. The molecule has 2 unspecified atom stereocenters. The molecule has 2 aromatic rings. The summed E-state index contributed by atoms with van der Waals surface area (Å²) in [5.41, 5.74) is 7.62. The minimum atomic E-state index is -0.584. The summed E-state index contributed by atoms with van der Waals surface area (Å²) >= 11 is 0. The number of amides is 1. The van der Waals surface area contributed by atoms with Crippen LogP contribution in [-0.2, 0) is 10.2 Å². The fourth-order valence-electron chi connectivity index (χ4n) is 3.97. The summed E-state index contributed by atoms with van der Waals surface area (Å²) in [5.74, 6) is 0.927. The quantitative estimate of drug-likeness (QED) is 0.746.